The van der Waals surface area contributed by atoms with Crippen LogP contribution < -0.4 is 5.73 Å². The number of nitrogens with zero attached hydrogens (tertiary/aromatic N) is 4. The number of aromatic nitrogens is 3. The van der Waals surface area contributed by atoms with Crippen LogP contribution in [0.3, 0.4) is 0 Å². The van der Waals surface area contributed by atoms with Crippen molar-refractivity contribution in [1.29, 1.82) is 0 Å². The van der Waals surface area contributed by atoms with Gasteiger partial charge < -0.3 is 15.7 Å². The third-order valence-electron chi connectivity index (χ3n) is 5.35. The molecule has 0 radical (unpaired) electrons. The fourth-order valence-corrected chi connectivity index (χ4v) is 4.03. The summed E-state index contributed by atoms with van der Waals surface area (Å²) < 4.78 is 14.1. The molecule has 0 spiro atoms. The summed E-state index contributed by atoms with van der Waals surface area (Å²) >= 11 is 0. The normalized spacial score (nSPS) is 16.9. The third kappa shape index (κ3) is 4.54. The summed E-state index contributed by atoms with van der Waals surface area (Å²) in [7, 11) is 0. The maximum Gasteiger partial charge on any atom is 0.220 e. The van der Waals surface area contributed by atoms with Crippen molar-refractivity contribution in [2.75, 3.05) is 18.9 Å². The molecule has 0 saturated carbocycles. The number of anilines is 1. The molecule has 1 atom stereocenters. The number of hydrogen-bond donors (Lipinski definition) is 2. The third-order valence-corrected chi connectivity index (χ3v) is 5.35. The van der Waals surface area contributed by atoms with E-state index in [9.17, 15) is 4.39 Å². The summed E-state index contributed by atoms with van der Waals surface area (Å²) in [5.74, 6) is -0.0938. The van der Waals surface area contributed by atoms with Crippen LogP contribution in [-0.2, 0) is 11.3 Å². The molecular formula is C23H24FN5O2. The van der Waals surface area contributed by atoms with Gasteiger partial charge in [-0.25, -0.2) is 14.4 Å². The van der Waals surface area contributed by atoms with E-state index >= 15 is 0 Å². The quantitative estimate of drug-likeness (QED) is 0.467. The molecule has 0 fully saturated rings. The molecule has 1 aliphatic rings. The van der Waals surface area contributed by atoms with E-state index in [1.807, 2.05) is 25.1 Å². The van der Waals surface area contributed by atoms with Crippen molar-refractivity contribution in [3.05, 3.63) is 71.1 Å². The Balaban J connectivity index is 1.77. The topological polar surface area (TPSA) is 107 Å². The van der Waals surface area contributed by atoms with Gasteiger partial charge in [-0.1, -0.05) is 17.3 Å². The molecule has 0 bridgehead atoms. The van der Waals surface area contributed by atoms with Crippen LogP contribution in [0.25, 0.3) is 11.1 Å². The van der Waals surface area contributed by atoms with Crippen molar-refractivity contribution < 1.29 is 14.3 Å². The van der Waals surface area contributed by atoms with Gasteiger partial charge in [0.2, 0.25) is 5.95 Å². The molecule has 160 valence electrons. The highest BCUT2D eigenvalue weighted by atomic mass is 19.1. The van der Waals surface area contributed by atoms with Crippen molar-refractivity contribution in [3.63, 3.8) is 0 Å². The van der Waals surface area contributed by atoms with E-state index in [0.29, 0.717) is 25.9 Å². The lowest BCUT2D eigenvalue weighted by molar-refractivity contribution is 0.123. The summed E-state index contributed by atoms with van der Waals surface area (Å²) in [6.45, 7) is 2.22. The number of pyridine rings is 1. The van der Waals surface area contributed by atoms with Crippen molar-refractivity contribution in [2.45, 2.75) is 32.1 Å². The fraction of sp³-hybridized carbons (Fsp3) is 0.304. The van der Waals surface area contributed by atoms with Crippen LogP contribution in [0.4, 0.5) is 10.3 Å². The van der Waals surface area contributed by atoms with E-state index < -0.39 is 0 Å². The van der Waals surface area contributed by atoms with Gasteiger partial charge in [-0.2, -0.15) is 0 Å². The summed E-state index contributed by atoms with van der Waals surface area (Å²) in [5.41, 5.74) is 11.7. The summed E-state index contributed by atoms with van der Waals surface area (Å²) in [4.78, 5) is 18.4. The molecule has 2 heterocycles. The van der Waals surface area contributed by atoms with Gasteiger partial charge in [0.15, 0.2) is 0 Å². The molecule has 0 amide bonds. The first-order valence-corrected chi connectivity index (χ1v) is 10.2. The number of nitrogens with two attached hydrogens (primary N) is 1. The monoisotopic (exact) mass is 421 g/mol. The first-order valence-electron chi connectivity index (χ1n) is 10.2. The van der Waals surface area contributed by atoms with Gasteiger partial charge in [0.05, 0.1) is 17.1 Å². The van der Waals surface area contributed by atoms with Crippen molar-refractivity contribution in [3.8, 4) is 11.1 Å². The van der Waals surface area contributed by atoms with Crippen LogP contribution in [0.5, 0.6) is 0 Å². The Hall–Kier alpha value is -3.39. The Kier molecular flexibility index (Phi) is 6.18. The number of halogens is 1. The fourth-order valence-electron chi connectivity index (χ4n) is 4.03. The SMILES string of the molecule is Cc1nc(N)nc2c1/C(=N/OCCCO)C[C@H](c1ccc(F)cc1-c1cccnc1)C2. The van der Waals surface area contributed by atoms with E-state index in [-0.39, 0.29) is 24.3 Å². The number of fused-ring (bicyclic) bond motifs is 1. The highest BCUT2D eigenvalue weighted by Crippen LogP contribution is 2.38. The minimum absolute atomic E-state index is 0.00259. The largest absolute Gasteiger partial charge is 0.396 e. The van der Waals surface area contributed by atoms with E-state index in [1.165, 1.54) is 12.1 Å². The van der Waals surface area contributed by atoms with E-state index in [1.54, 1.807) is 12.4 Å². The predicted octanol–water partition coefficient (Wildman–Crippen LogP) is 3.40. The number of nitrogen functional groups attached to an aromatic ring is 1. The zero-order valence-electron chi connectivity index (χ0n) is 17.3. The molecule has 0 aliphatic heterocycles. The summed E-state index contributed by atoms with van der Waals surface area (Å²) in [6, 6.07) is 8.57. The van der Waals surface area contributed by atoms with Crippen LogP contribution >= 0.6 is 0 Å². The van der Waals surface area contributed by atoms with Gasteiger partial charge >= 0.3 is 0 Å². The molecule has 1 aromatic carbocycles. The maximum atomic E-state index is 14.1. The average molecular weight is 421 g/mol. The Bertz CT molecular complexity index is 1100. The summed E-state index contributed by atoms with van der Waals surface area (Å²) in [6.07, 6.45) is 5.12. The minimum atomic E-state index is -0.303. The van der Waals surface area contributed by atoms with Crippen molar-refractivity contribution >= 4 is 11.7 Å². The number of aliphatic hydroxyl groups is 1. The number of benzene rings is 1. The zero-order valence-corrected chi connectivity index (χ0v) is 17.3. The van der Waals surface area contributed by atoms with E-state index in [2.05, 4.69) is 20.1 Å². The molecule has 3 N–H and O–H groups in total. The second-order valence-electron chi connectivity index (χ2n) is 7.52. The Labute approximate surface area is 179 Å². The number of hydrogen-bond acceptors (Lipinski definition) is 7. The molecule has 1 aliphatic carbocycles. The van der Waals surface area contributed by atoms with Gasteiger partial charge in [-0.05, 0) is 48.6 Å². The molecular weight excluding hydrogens is 397 g/mol. The number of aryl methyl sites for hydroxylation is 1. The van der Waals surface area contributed by atoms with Crippen molar-refractivity contribution in [2.24, 2.45) is 5.16 Å². The maximum absolute atomic E-state index is 14.1. The molecule has 3 aromatic rings. The molecule has 8 heteroatoms. The van der Waals surface area contributed by atoms with Gasteiger partial charge in [0, 0.05) is 43.0 Å². The molecule has 4 rings (SSSR count). The standard InChI is InChI=1S/C23H24FN5O2/c1-14-22-20(28-23(25)27-14)10-16(11-21(22)29-31-9-3-8-30)18-6-5-17(24)12-19(18)15-4-2-7-26-13-15/h2,4-7,12-13,16,30H,3,8-11H2,1H3,(H2,25,27,28)/b29-21+/t16-/m1/s1. The molecule has 2 aromatic heterocycles. The van der Waals surface area contributed by atoms with Crippen LogP contribution in [0.15, 0.2) is 47.9 Å². The van der Waals surface area contributed by atoms with Gasteiger partial charge in [-0.15, -0.1) is 0 Å². The van der Waals surface area contributed by atoms with Crippen LogP contribution in [0, 0.1) is 12.7 Å². The smallest absolute Gasteiger partial charge is 0.220 e. The van der Waals surface area contributed by atoms with Gasteiger partial charge in [0.25, 0.3) is 0 Å². The van der Waals surface area contributed by atoms with Crippen LogP contribution in [0.2, 0.25) is 0 Å². The highest BCUT2D eigenvalue weighted by molar-refractivity contribution is 6.03. The molecule has 7 nitrogen and oxygen atoms in total. The van der Waals surface area contributed by atoms with Crippen LogP contribution in [-0.4, -0.2) is 39.0 Å². The number of rotatable bonds is 6. The first-order chi connectivity index (χ1) is 15.1. The second kappa shape index (κ2) is 9.18. The van der Waals surface area contributed by atoms with E-state index in [0.717, 1.165) is 39.4 Å². The van der Waals surface area contributed by atoms with E-state index in [4.69, 9.17) is 15.7 Å². The number of aliphatic hydroxyl groups excluding tert-OH is 1. The Morgan fingerprint density at radius 3 is 2.90 bits per heavy atom. The Morgan fingerprint density at radius 1 is 1.26 bits per heavy atom. The van der Waals surface area contributed by atoms with Gasteiger partial charge in [0.1, 0.15) is 12.4 Å². The molecule has 0 saturated heterocycles. The lowest BCUT2D eigenvalue weighted by Gasteiger charge is -2.28. The molecule has 31 heavy (non-hydrogen) atoms. The average Bonchev–Trinajstić information content (AvgIpc) is 2.76. The highest BCUT2D eigenvalue weighted by Gasteiger charge is 2.30. The van der Waals surface area contributed by atoms with Crippen LogP contribution in [0.1, 0.15) is 41.3 Å². The lowest BCUT2D eigenvalue weighted by atomic mass is 9.78. The van der Waals surface area contributed by atoms with Gasteiger partial charge in [-0.3, -0.25) is 4.98 Å². The zero-order chi connectivity index (χ0) is 21.8. The van der Waals surface area contributed by atoms with Crippen molar-refractivity contribution in [1.82, 2.24) is 15.0 Å². The lowest BCUT2D eigenvalue weighted by Crippen LogP contribution is -2.24. The number of oxime groups is 1. The minimum Gasteiger partial charge on any atom is -0.396 e. The first kappa shape index (κ1) is 20.9. The summed E-state index contributed by atoms with van der Waals surface area (Å²) in [5, 5.41) is 13.3. The second-order valence-corrected chi connectivity index (χ2v) is 7.52. The molecule has 0 unspecified atom stereocenters. The predicted molar refractivity (Wildman–Crippen MR) is 116 cm³/mol. The Morgan fingerprint density at radius 2 is 2.13 bits per heavy atom.